The van der Waals surface area contributed by atoms with Gasteiger partial charge in [-0.25, -0.2) is 0 Å². The van der Waals surface area contributed by atoms with Crippen molar-refractivity contribution in [2.24, 2.45) is 5.10 Å². The molecule has 162 valence electrons. The Morgan fingerprint density at radius 1 is 1.10 bits per heavy atom. The van der Waals surface area contributed by atoms with Gasteiger partial charge in [-0.15, -0.1) is 0 Å². The Hall–Kier alpha value is -1.87. The topological polar surface area (TPSA) is 145 Å². The van der Waals surface area contributed by atoms with Gasteiger partial charge in [0, 0.05) is 22.2 Å². The van der Waals surface area contributed by atoms with Gasteiger partial charge >= 0.3 is 17.4 Å². The van der Waals surface area contributed by atoms with Crippen LogP contribution in [-0.4, -0.2) is 32.4 Å². The van der Waals surface area contributed by atoms with Gasteiger partial charge in [0.1, 0.15) is 5.75 Å². The summed E-state index contributed by atoms with van der Waals surface area (Å²) in [5.41, 5.74) is 10.7. The molecular weight excluding hydrogens is 513 g/mol. The van der Waals surface area contributed by atoms with Crippen molar-refractivity contribution in [1.82, 2.24) is 15.8 Å². The molecule has 30 heavy (non-hydrogen) atoms. The molecule has 2 aromatic carbocycles. The molecule has 0 bridgehead atoms. The maximum Gasteiger partial charge on any atom is 2.00 e. The van der Waals surface area contributed by atoms with E-state index in [1.54, 1.807) is 42.6 Å². The second-order valence-electron chi connectivity index (χ2n) is 5.03. The van der Waals surface area contributed by atoms with E-state index in [0.717, 1.165) is 16.6 Å². The van der Waals surface area contributed by atoms with Crippen LogP contribution in [0, 0.1) is 0 Å². The number of hydrazine groups is 1. The van der Waals surface area contributed by atoms with E-state index in [4.69, 9.17) is 23.8 Å². The van der Waals surface area contributed by atoms with Gasteiger partial charge in [0.05, 0.1) is 17.4 Å². The molecule has 0 spiro atoms. The minimum absolute atomic E-state index is 0. The van der Waals surface area contributed by atoms with E-state index >= 15 is 0 Å². The zero-order valence-electron chi connectivity index (χ0n) is 15.1. The van der Waals surface area contributed by atoms with Gasteiger partial charge < -0.3 is 40.9 Å². The van der Waals surface area contributed by atoms with Crippen LogP contribution in [0.3, 0.4) is 0 Å². The number of fused-ring (bicyclic) bond motifs is 1. The van der Waals surface area contributed by atoms with Crippen LogP contribution in [0.5, 0.6) is 5.75 Å². The Morgan fingerprint density at radius 2 is 1.80 bits per heavy atom. The molecule has 1 heterocycles. The van der Waals surface area contributed by atoms with Crippen molar-refractivity contribution in [3.63, 3.8) is 0 Å². The van der Waals surface area contributed by atoms with Crippen LogP contribution in [-0.2, 0) is 17.4 Å². The van der Waals surface area contributed by atoms with Crippen LogP contribution in [0.15, 0.2) is 59.8 Å². The molecule has 0 radical (unpaired) electrons. The number of nitrogens with zero attached hydrogens (tertiary/aromatic N) is 2. The molecule has 0 unspecified atom stereocenters. The fourth-order valence-electron chi connectivity index (χ4n) is 2.14. The molecule has 0 saturated heterocycles. The number of thiocarbonyl (C=S) groups is 1. The number of aromatic nitrogens is 1. The van der Waals surface area contributed by atoms with Gasteiger partial charge in [0.15, 0.2) is 0 Å². The molecule has 0 aliphatic rings. The van der Waals surface area contributed by atoms with Crippen molar-refractivity contribution in [1.29, 1.82) is 0 Å². The van der Waals surface area contributed by atoms with Gasteiger partial charge in [0.25, 0.3) is 0 Å². The molecule has 8 nitrogen and oxygen atoms in total. The summed E-state index contributed by atoms with van der Waals surface area (Å²) in [6, 6.07) is 14.1. The fraction of sp³-hybridized carbons (Fsp3) is 0. The smallest absolute Gasteiger partial charge is 1.00 e. The Kier molecular flexibility index (Phi) is 17.4. The summed E-state index contributed by atoms with van der Waals surface area (Å²) < 4.78 is 0. The van der Waals surface area contributed by atoms with Crippen molar-refractivity contribution >= 4 is 51.7 Å². The summed E-state index contributed by atoms with van der Waals surface area (Å²) in [6.07, 6.45) is 3.16. The number of hydrogen-bond donors (Lipinski definition) is 4. The number of para-hydroxylation sites is 1. The average molecular weight is 531 g/mol. The van der Waals surface area contributed by atoms with Gasteiger partial charge in [-0.1, -0.05) is 23.7 Å². The van der Waals surface area contributed by atoms with Crippen molar-refractivity contribution < 1.29 is 58.2 Å². The van der Waals surface area contributed by atoms with E-state index < -0.39 is 0 Å². The molecule has 8 N–H and O–H groups in total. The SMILES string of the molecule is O.O.Oc1ccccc1/C=N/NC(=S)NNc1ccnc2cc(Cl)ccc12.[Cl-].[Cl-].[Cr+2]. The third kappa shape index (κ3) is 8.87. The van der Waals surface area contributed by atoms with Crippen LogP contribution in [0.2, 0.25) is 5.02 Å². The third-order valence-electron chi connectivity index (χ3n) is 3.32. The first-order chi connectivity index (χ1) is 12.1. The molecule has 0 amide bonds. The van der Waals surface area contributed by atoms with Crippen LogP contribution in [0.4, 0.5) is 5.69 Å². The first kappa shape index (κ1) is 32.8. The molecule has 3 aromatic rings. The second-order valence-corrected chi connectivity index (χ2v) is 5.87. The summed E-state index contributed by atoms with van der Waals surface area (Å²) in [6.45, 7) is 0. The zero-order valence-corrected chi connectivity index (χ0v) is 19.4. The summed E-state index contributed by atoms with van der Waals surface area (Å²) >= 11 is 11.1. The minimum atomic E-state index is 0. The minimum Gasteiger partial charge on any atom is -1.00 e. The van der Waals surface area contributed by atoms with E-state index in [2.05, 4.69) is 26.4 Å². The monoisotopic (exact) mass is 529 g/mol. The van der Waals surface area contributed by atoms with E-state index in [1.807, 2.05) is 12.1 Å². The Balaban J connectivity index is -0.00000146. The molecule has 1 aromatic heterocycles. The van der Waals surface area contributed by atoms with Crippen molar-refractivity contribution in [3.05, 3.63) is 65.3 Å². The standard InChI is InChI=1S/C17H14ClN5OS.2ClH.Cr.2H2O/c18-12-5-6-13-14(7-8-19-15(13)9-12)21-23-17(25)22-20-10-11-3-1-2-4-16(11)24;;;;;/h1-10,24H,(H,19,21)(H2,22,23,25);2*1H;;2*1H2/q;;;+2;;/p-2/b20-10+;;;;;. The maximum absolute atomic E-state index is 9.65. The first-order valence-electron chi connectivity index (χ1n) is 7.31. The number of rotatable bonds is 4. The first-order valence-corrected chi connectivity index (χ1v) is 8.09. The summed E-state index contributed by atoms with van der Waals surface area (Å²) in [7, 11) is 0. The number of phenolic OH excluding ortho intramolecular Hbond substituents is 1. The largest absolute Gasteiger partial charge is 2.00 e. The number of halogens is 3. The van der Waals surface area contributed by atoms with Crippen LogP contribution in [0.1, 0.15) is 5.56 Å². The predicted molar refractivity (Wildman–Crippen MR) is 112 cm³/mol. The number of aromatic hydroxyl groups is 1. The van der Waals surface area contributed by atoms with Gasteiger partial charge in [-0.05, 0) is 48.6 Å². The van der Waals surface area contributed by atoms with Crippen molar-refractivity contribution in [3.8, 4) is 5.75 Å². The quantitative estimate of drug-likeness (QED) is 0.153. The van der Waals surface area contributed by atoms with Gasteiger partial charge in [-0.2, -0.15) is 5.10 Å². The molecular formula is C17H18Cl3CrN5O3S. The Labute approximate surface area is 206 Å². The third-order valence-corrected chi connectivity index (χ3v) is 3.75. The molecule has 0 fully saturated rings. The number of benzene rings is 2. The molecule has 0 aliphatic carbocycles. The number of pyridine rings is 1. The average Bonchev–Trinajstić information content (AvgIpc) is 2.61. The van der Waals surface area contributed by atoms with Crippen LogP contribution >= 0.6 is 23.8 Å². The van der Waals surface area contributed by atoms with Crippen molar-refractivity contribution in [2.45, 2.75) is 0 Å². The molecule has 0 aliphatic heterocycles. The van der Waals surface area contributed by atoms with E-state index in [9.17, 15) is 5.11 Å². The maximum atomic E-state index is 9.65. The number of phenols is 1. The molecule has 0 saturated carbocycles. The van der Waals surface area contributed by atoms with E-state index in [-0.39, 0.29) is 64.0 Å². The fourth-order valence-corrected chi connectivity index (χ4v) is 2.41. The predicted octanol–water partition coefficient (Wildman–Crippen LogP) is -4.22. The number of nitrogens with one attached hydrogen (secondary N) is 3. The Morgan fingerprint density at radius 3 is 2.50 bits per heavy atom. The molecule has 0 atom stereocenters. The molecule has 3 rings (SSSR count). The second kappa shape index (κ2) is 15.9. The summed E-state index contributed by atoms with van der Waals surface area (Å²) in [4.78, 5) is 4.27. The Bertz CT molecular complexity index is 969. The number of anilines is 1. The van der Waals surface area contributed by atoms with Crippen LogP contribution in [0.25, 0.3) is 10.9 Å². The zero-order chi connectivity index (χ0) is 17.6. The van der Waals surface area contributed by atoms with Gasteiger partial charge in [0.2, 0.25) is 5.11 Å². The van der Waals surface area contributed by atoms with E-state index in [0.29, 0.717) is 10.6 Å². The normalized spacial score (nSPS) is 8.97. The van der Waals surface area contributed by atoms with E-state index in [1.165, 1.54) is 6.21 Å². The van der Waals surface area contributed by atoms with Crippen molar-refractivity contribution in [2.75, 3.05) is 5.43 Å². The summed E-state index contributed by atoms with van der Waals surface area (Å²) in [5.74, 6) is 0.145. The van der Waals surface area contributed by atoms with Crippen LogP contribution < -0.4 is 41.1 Å². The number of hydrogen-bond acceptors (Lipinski definition) is 5. The summed E-state index contributed by atoms with van der Waals surface area (Å²) in [5, 5.41) is 15.4. The molecule has 13 heteroatoms. The van der Waals surface area contributed by atoms with Gasteiger partial charge in [-0.3, -0.25) is 21.3 Å². The number of hydrazone groups is 1.